The Bertz CT molecular complexity index is 674. The lowest BCUT2D eigenvalue weighted by molar-refractivity contribution is 0.0951. The van der Waals surface area contributed by atoms with Crippen LogP contribution in [0.15, 0.2) is 42.5 Å². The summed E-state index contributed by atoms with van der Waals surface area (Å²) in [6.07, 6.45) is 0. The van der Waals surface area contributed by atoms with E-state index in [1.165, 1.54) is 0 Å². The maximum absolute atomic E-state index is 12.3. The van der Waals surface area contributed by atoms with Crippen LogP contribution in [0.2, 0.25) is 0 Å². The van der Waals surface area contributed by atoms with Gasteiger partial charge in [0.1, 0.15) is 0 Å². The number of hydrogen-bond donors (Lipinski definition) is 1. The maximum Gasteiger partial charge on any atom is 0.251 e. The summed E-state index contributed by atoms with van der Waals surface area (Å²) in [7, 11) is 1.56. The van der Waals surface area contributed by atoms with Crippen LogP contribution in [-0.4, -0.2) is 18.7 Å². The molecule has 0 heterocycles. The fourth-order valence-corrected chi connectivity index (χ4v) is 2.40. The highest BCUT2D eigenvalue weighted by Crippen LogP contribution is 2.37. The molecule has 0 unspecified atom stereocenters. The lowest BCUT2D eigenvalue weighted by atomic mass is 10.0. The van der Waals surface area contributed by atoms with Crippen LogP contribution >= 0.6 is 0 Å². The number of carbonyl (C=O) groups is 2. The van der Waals surface area contributed by atoms with E-state index in [9.17, 15) is 9.59 Å². The van der Waals surface area contributed by atoms with Crippen molar-refractivity contribution in [2.45, 2.75) is 0 Å². The molecule has 1 aliphatic rings. The summed E-state index contributed by atoms with van der Waals surface area (Å²) in [5.74, 6) is -0.298. The van der Waals surface area contributed by atoms with E-state index in [0.717, 1.165) is 11.1 Å². The molecular formula is C15H11NO2. The van der Waals surface area contributed by atoms with Crippen molar-refractivity contribution in [3.63, 3.8) is 0 Å². The second-order valence-electron chi connectivity index (χ2n) is 4.18. The van der Waals surface area contributed by atoms with Gasteiger partial charge in [0.25, 0.3) is 5.91 Å². The summed E-state index contributed by atoms with van der Waals surface area (Å²) < 4.78 is 0. The molecule has 0 saturated carbocycles. The highest BCUT2D eigenvalue weighted by atomic mass is 16.2. The molecule has 3 rings (SSSR count). The molecule has 0 bridgehead atoms. The second-order valence-corrected chi connectivity index (χ2v) is 4.18. The van der Waals surface area contributed by atoms with E-state index in [0.29, 0.717) is 16.7 Å². The molecule has 0 aromatic heterocycles. The van der Waals surface area contributed by atoms with Crippen LogP contribution in [0.4, 0.5) is 0 Å². The zero-order valence-electron chi connectivity index (χ0n) is 9.86. The molecule has 0 spiro atoms. The first-order valence-electron chi connectivity index (χ1n) is 5.73. The maximum atomic E-state index is 12.3. The van der Waals surface area contributed by atoms with Crippen molar-refractivity contribution < 1.29 is 9.59 Å². The minimum absolute atomic E-state index is 0.0696. The zero-order valence-corrected chi connectivity index (χ0v) is 9.86. The standard InChI is InChI=1S/C15H11NO2/c1-16-15(18)12-8-4-7-10-9-5-2-3-6-11(9)14(17)13(10)12/h2-8H,1H3,(H,16,18). The van der Waals surface area contributed by atoms with Gasteiger partial charge in [0.2, 0.25) is 0 Å². The lowest BCUT2D eigenvalue weighted by Gasteiger charge is -2.05. The molecule has 1 aliphatic carbocycles. The number of amides is 1. The van der Waals surface area contributed by atoms with Crippen LogP contribution < -0.4 is 5.32 Å². The van der Waals surface area contributed by atoms with Gasteiger partial charge in [-0.3, -0.25) is 9.59 Å². The van der Waals surface area contributed by atoms with Gasteiger partial charge in [-0.25, -0.2) is 0 Å². The number of rotatable bonds is 1. The molecule has 0 aliphatic heterocycles. The first-order chi connectivity index (χ1) is 8.74. The van der Waals surface area contributed by atoms with Crippen LogP contribution in [-0.2, 0) is 0 Å². The molecule has 2 aromatic carbocycles. The molecule has 0 atom stereocenters. The zero-order chi connectivity index (χ0) is 12.7. The van der Waals surface area contributed by atoms with Crippen molar-refractivity contribution >= 4 is 11.7 Å². The smallest absolute Gasteiger partial charge is 0.251 e. The number of fused-ring (bicyclic) bond motifs is 3. The Morgan fingerprint density at radius 1 is 0.944 bits per heavy atom. The van der Waals surface area contributed by atoms with Crippen molar-refractivity contribution in [2.24, 2.45) is 0 Å². The number of ketones is 1. The summed E-state index contributed by atoms with van der Waals surface area (Å²) in [4.78, 5) is 24.2. The van der Waals surface area contributed by atoms with Gasteiger partial charge in [0.15, 0.2) is 5.78 Å². The number of benzene rings is 2. The minimum Gasteiger partial charge on any atom is -0.355 e. The normalized spacial score (nSPS) is 11.9. The summed E-state index contributed by atoms with van der Waals surface area (Å²) >= 11 is 0. The summed E-state index contributed by atoms with van der Waals surface area (Å²) in [5.41, 5.74) is 3.37. The molecular weight excluding hydrogens is 226 g/mol. The number of carbonyl (C=O) groups excluding carboxylic acids is 2. The van der Waals surface area contributed by atoms with Gasteiger partial charge in [0.05, 0.1) is 5.56 Å². The molecule has 1 amide bonds. The Kier molecular flexibility index (Phi) is 2.27. The fraction of sp³-hybridized carbons (Fsp3) is 0.0667. The highest BCUT2D eigenvalue weighted by molar-refractivity contribution is 6.25. The van der Waals surface area contributed by atoms with Crippen LogP contribution in [0.5, 0.6) is 0 Å². The van der Waals surface area contributed by atoms with E-state index in [1.54, 1.807) is 25.2 Å². The van der Waals surface area contributed by atoms with E-state index >= 15 is 0 Å². The predicted molar refractivity (Wildman–Crippen MR) is 68.7 cm³/mol. The molecule has 0 saturated heterocycles. The van der Waals surface area contributed by atoms with E-state index in [4.69, 9.17) is 0 Å². The van der Waals surface area contributed by atoms with E-state index in [2.05, 4.69) is 5.32 Å². The Balaban J connectivity index is 2.31. The summed E-state index contributed by atoms with van der Waals surface area (Å²) in [6.45, 7) is 0. The first-order valence-corrected chi connectivity index (χ1v) is 5.73. The van der Waals surface area contributed by atoms with Crippen LogP contribution in [0.3, 0.4) is 0 Å². The minimum atomic E-state index is -0.229. The topological polar surface area (TPSA) is 46.2 Å². The van der Waals surface area contributed by atoms with Gasteiger partial charge >= 0.3 is 0 Å². The Hall–Kier alpha value is -2.42. The van der Waals surface area contributed by atoms with Gasteiger partial charge < -0.3 is 5.32 Å². The monoisotopic (exact) mass is 237 g/mol. The molecule has 1 N–H and O–H groups in total. The molecule has 0 radical (unpaired) electrons. The van der Waals surface area contributed by atoms with Gasteiger partial charge in [-0.15, -0.1) is 0 Å². The Labute approximate surface area is 104 Å². The SMILES string of the molecule is CNC(=O)c1cccc2c1C(=O)c1ccccc1-2. The molecule has 0 fully saturated rings. The molecule has 3 nitrogen and oxygen atoms in total. The van der Waals surface area contributed by atoms with Gasteiger partial charge in [-0.05, 0) is 17.2 Å². The molecule has 3 heteroatoms. The van der Waals surface area contributed by atoms with Crippen molar-refractivity contribution in [3.8, 4) is 11.1 Å². The average Bonchev–Trinajstić information content (AvgIpc) is 2.72. The fourth-order valence-electron chi connectivity index (χ4n) is 2.40. The van der Waals surface area contributed by atoms with E-state index < -0.39 is 0 Å². The first kappa shape index (κ1) is 10.7. The van der Waals surface area contributed by atoms with Crippen LogP contribution in [0.25, 0.3) is 11.1 Å². The van der Waals surface area contributed by atoms with Crippen molar-refractivity contribution in [1.29, 1.82) is 0 Å². The van der Waals surface area contributed by atoms with Crippen molar-refractivity contribution in [3.05, 3.63) is 59.2 Å². The molecule has 18 heavy (non-hydrogen) atoms. The highest BCUT2D eigenvalue weighted by Gasteiger charge is 2.30. The van der Waals surface area contributed by atoms with Gasteiger partial charge in [-0.2, -0.15) is 0 Å². The average molecular weight is 237 g/mol. The van der Waals surface area contributed by atoms with Crippen LogP contribution in [0, 0.1) is 0 Å². The summed E-state index contributed by atoms with van der Waals surface area (Å²) in [6, 6.07) is 12.8. The second kappa shape index (κ2) is 3.81. The number of nitrogens with one attached hydrogen (secondary N) is 1. The third-order valence-electron chi connectivity index (χ3n) is 3.23. The summed E-state index contributed by atoms with van der Waals surface area (Å²) in [5, 5.41) is 2.57. The molecule has 2 aromatic rings. The van der Waals surface area contributed by atoms with Crippen molar-refractivity contribution in [2.75, 3.05) is 7.05 Å². The van der Waals surface area contributed by atoms with Gasteiger partial charge in [-0.1, -0.05) is 36.4 Å². The largest absolute Gasteiger partial charge is 0.355 e. The quantitative estimate of drug-likeness (QED) is 0.705. The number of hydrogen-bond acceptors (Lipinski definition) is 2. The van der Waals surface area contributed by atoms with E-state index in [1.807, 2.05) is 24.3 Å². The van der Waals surface area contributed by atoms with Crippen LogP contribution in [0.1, 0.15) is 26.3 Å². The Morgan fingerprint density at radius 2 is 1.61 bits per heavy atom. The lowest BCUT2D eigenvalue weighted by Crippen LogP contribution is -2.20. The van der Waals surface area contributed by atoms with Crippen molar-refractivity contribution in [1.82, 2.24) is 5.32 Å². The Morgan fingerprint density at radius 3 is 2.33 bits per heavy atom. The third-order valence-corrected chi connectivity index (χ3v) is 3.23. The van der Waals surface area contributed by atoms with Gasteiger partial charge in [0, 0.05) is 18.2 Å². The third kappa shape index (κ3) is 1.31. The molecule has 88 valence electrons. The van der Waals surface area contributed by atoms with E-state index in [-0.39, 0.29) is 11.7 Å². The predicted octanol–water partition coefficient (Wildman–Crippen LogP) is 2.26.